The van der Waals surface area contributed by atoms with Crippen molar-refractivity contribution in [2.75, 3.05) is 6.61 Å². The maximum atomic E-state index is 13.0. The molecule has 0 fully saturated rings. The second kappa shape index (κ2) is 10.5. The third kappa shape index (κ3) is 6.65. The second-order valence-electron chi connectivity index (χ2n) is 7.16. The van der Waals surface area contributed by atoms with Gasteiger partial charge in [0.2, 0.25) is 5.91 Å². The topological polar surface area (TPSA) is 58.6 Å². The van der Waals surface area contributed by atoms with Gasteiger partial charge in [-0.2, -0.15) is 0 Å². The number of hydrogen-bond acceptors (Lipinski definition) is 3. The fraction of sp³-hybridized carbons (Fsp3) is 0.364. The third-order valence-electron chi connectivity index (χ3n) is 4.37. The molecule has 5 nitrogen and oxygen atoms in total. The van der Waals surface area contributed by atoms with Crippen LogP contribution in [0.1, 0.15) is 31.9 Å². The van der Waals surface area contributed by atoms with Crippen LogP contribution in [0.15, 0.2) is 42.5 Å². The normalized spacial score (nSPS) is 11.8. The standard InChI is InChI=1S/C22H26Cl2N2O3/c1-14(2)25-22(28)16(4)26(12-18-19(23)6-5-7-20(18)24)21(27)13-29-17-10-8-15(3)9-11-17/h5-11,14,16H,12-13H2,1-4H3,(H,25,28)/t16-/m1/s1. The summed E-state index contributed by atoms with van der Waals surface area (Å²) in [4.78, 5) is 27.0. The van der Waals surface area contributed by atoms with Gasteiger partial charge in [-0.15, -0.1) is 0 Å². The van der Waals surface area contributed by atoms with E-state index in [-0.39, 0.29) is 31.0 Å². The van der Waals surface area contributed by atoms with E-state index in [9.17, 15) is 9.59 Å². The smallest absolute Gasteiger partial charge is 0.261 e. The van der Waals surface area contributed by atoms with E-state index in [0.717, 1.165) is 5.56 Å². The van der Waals surface area contributed by atoms with Crippen LogP contribution in [0, 0.1) is 6.92 Å². The van der Waals surface area contributed by atoms with Crippen LogP contribution in [0.3, 0.4) is 0 Å². The Hall–Kier alpha value is -2.24. The minimum atomic E-state index is -0.723. The lowest BCUT2D eigenvalue weighted by atomic mass is 10.1. The molecule has 2 aromatic rings. The lowest BCUT2D eigenvalue weighted by Crippen LogP contribution is -2.50. The molecular weight excluding hydrogens is 411 g/mol. The van der Waals surface area contributed by atoms with E-state index >= 15 is 0 Å². The van der Waals surface area contributed by atoms with Gasteiger partial charge in [-0.05, 0) is 52.0 Å². The predicted octanol–water partition coefficient (Wildman–Crippen LogP) is 4.62. The zero-order valence-corrected chi connectivity index (χ0v) is 18.6. The molecule has 0 bridgehead atoms. The quantitative estimate of drug-likeness (QED) is 0.656. The first-order valence-electron chi connectivity index (χ1n) is 9.41. The Balaban J connectivity index is 2.21. The summed E-state index contributed by atoms with van der Waals surface area (Å²) in [5, 5.41) is 3.71. The number of ether oxygens (including phenoxy) is 1. The van der Waals surface area contributed by atoms with Crippen LogP contribution < -0.4 is 10.1 Å². The van der Waals surface area contributed by atoms with E-state index in [0.29, 0.717) is 21.4 Å². The molecular formula is C22H26Cl2N2O3. The molecule has 0 aliphatic heterocycles. The van der Waals surface area contributed by atoms with E-state index in [2.05, 4.69) is 5.32 Å². The van der Waals surface area contributed by atoms with Crippen LogP contribution >= 0.6 is 23.2 Å². The number of amides is 2. The van der Waals surface area contributed by atoms with Crippen LogP contribution in [-0.2, 0) is 16.1 Å². The van der Waals surface area contributed by atoms with Crippen molar-refractivity contribution in [1.29, 1.82) is 0 Å². The van der Waals surface area contributed by atoms with Gasteiger partial charge >= 0.3 is 0 Å². The van der Waals surface area contributed by atoms with Crippen molar-refractivity contribution in [2.45, 2.75) is 46.3 Å². The Kier molecular flexibility index (Phi) is 8.35. The molecule has 0 saturated heterocycles. The van der Waals surface area contributed by atoms with Gasteiger partial charge in [-0.25, -0.2) is 0 Å². The Morgan fingerprint density at radius 2 is 1.62 bits per heavy atom. The molecule has 29 heavy (non-hydrogen) atoms. The van der Waals surface area contributed by atoms with Crippen LogP contribution in [0.2, 0.25) is 10.0 Å². The molecule has 0 aliphatic carbocycles. The van der Waals surface area contributed by atoms with E-state index in [1.165, 1.54) is 4.90 Å². The number of carbonyl (C=O) groups excluding carboxylic acids is 2. The monoisotopic (exact) mass is 436 g/mol. The fourth-order valence-corrected chi connectivity index (χ4v) is 3.22. The van der Waals surface area contributed by atoms with Crippen LogP contribution in [0.25, 0.3) is 0 Å². The number of benzene rings is 2. The second-order valence-corrected chi connectivity index (χ2v) is 7.98. The molecule has 1 N–H and O–H groups in total. The predicted molar refractivity (Wildman–Crippen MR) is 116 cm³/mol. The minimum absolute atomic E-state index is 0.0467. The lowest BCUT2D eigenvalue weighted by molar-refractivity contribution is -0.142. The molecule has 2 amide bonds. The lowest BCUT2D eigenvalue weighted by Gasteiger charge is -2.30. The number of halogens is 2. The van der Waals surface area contributed by atoms with Crippen molar-refractivity contribution < 1.29 is 14.3 Å². The SMILES string of the molecule is Cc1ccc(OCC(=O)N(Cc2c(Cl)cccc2Cl)[C@H](C)C(=O)NC(C)C)cc1. The summed E-state index contributed by atoms with van der Waals surface area (Å²) in [6, 6.07) is 11.8. The summed E-state index contributed by atoms with van der Waals surface area (Å²) >= 11 is 12.6. The Labute approximate surface area is 181 Å². The van der Waals surface area contributed by atoms with Crippen LogP contribution in [0.4, 0.5) is 0 Å². The highest BCUT2D eigenvalue weighted by molar-refractivity contribution is 6.36. The van der Waals surface area contributed by atoms with Crippen LogP contribution in [-0.4, -0.2) is 35.4 Å². The molecule has 0 heterocycles. The van der Waals surface area contributed by atoms with E-state index < -0.39 is 6.04 Å². The third-order valence-corrected chi connectivity index (χ3v) is 5.08. The Morgan fingerprint density at radius 1 is 1.03 bits per heavy atom. The summed E-state index contributed by atoms with van der Waals surface area (Å²) in [6.45, 7) is 7.27. The molecule has 156 valence electrons. The summed E-state index contributed by atoms with van der Waals surface area (Å²) < 4.78 is 5.62. The average Bonchev–Trinajstić information content (AvgIpc) is 2.66. The van der Waals surface area contributed by atoms with Crippen molar-refractivity contribution in [3.8, 4) is 5.75 Å². The van der Waals surface area contributed by atoms with Gasteiger partial charge in [0.1, 0.15) is 11.8 Å². The number of nitrogens with one attached hydrogen (secondary N) is 1. The number of hydrogen-bond donors (Lipinski definition) is 1. The highest BCUT2D eigenvalue weighted by Crippen LogP contribution is 2.26. The van der Waals surface area contributed by atoms with Crippen LogP contribution in [0.5, 0.6) is 5.75 Å². The van der Waals surface area contributed by atoms with Gasteiger partial charge in [0.15, 0.2) is 6.61 Å². The van der Waals surface area contributed by atoms with Gasteiger partial charge in [0.25, 0.3) is 5.91 Å². The fourth-order valence-electron chi connectivity index (χ4n) is 2.70. The molecule has 0 radical (unpaired) electrons. The van der Waals surface area contributed by atoms with Crippen molar-refractivity contribution in [3.05, 3.63) is 63.6 Å². The van der Waals surface area contributed by atoms with Crippen molar-refractivity contribution >= 4 is 35.0 Å². The minimum Gasteiger partial charge on any atom is -0.484 e. The van der Waals surface area contributed by atoms with Gasteiger partial charge in [-0.3, -0.25) is 9.59 Å². The van der Waals surface area contributed by atoms with Crippen molar-refractivity contribution in [2.24, 2.45) is 0 Å². The van der Waals surface area contributed by atoms with Crippen molar-refractivity contribution in [3.63, 3.8) is 0 Å². The molecule has 2 rings (SSSR count). The highest BCUT2D eigenvalue weighted by Gasteiger charge is 2.28. The largest absolute Gasteiger partial charge is 0.484 e. The van der Waals surface area contributed by atoms with Crippen molar-refractivity contribution in [1.82, 2.24) is 10.2 Å². The molecule has 1 atom stereocenters. The molecule has 2 aromatic carbocycles. The number of carbonyl (C=O) groups is 2. The first kappa shape index (κ1) is 23.0. The first-order chi connectivity index (χ1) is 13.7. The Bertz CT molecular complexity index is 833. The van der Waals surface area contributed by atoms with Gasteiger partial charge < -0.3 is 15.0 Å². The summed E-state index contributed by atoms with van der Waals surface area (Å²) in [5.74, 6) is -0.0150. The maximum Gasteiger partial charge on any atom is 0.261 e. The summed E-state index contributed by atoms with van der Waals surface area (Å²) in [6.07, 6.45) is 0. The van der Waals surface area contributed by atoms with E-state index in [1.54, 1.807) is 37.3 Å². The molecule has 0 aliphatic rings. The molecule has 0 saturated carbocycles. The number of rotatable bonds is 8. The number of aryl methyl sites for hydroxylation is 1. The number of nitrogens with zero attached hydrogens (tertiary/aromatic N) is 1. The van der Waals surface area contributed by atoms with E-state index in [4.69, 9.17) is 27.9 Å². The maximum absolute atomic E-state index is 13.0. The molecule has 0 unspecified atom stereocenters. The summed E-state index contributed by atoms with van der Waals surface area (Å²) in [5.41, 5.74) is 1.68. The molecule has 0 aromatic heterocycles. The van der Waals surface area contributed by atoms with Gasteiger partial charge in [0.05, 0.1) is 0 Å². The van der Waals surface area contributed by atoms with E-state index in [1.807, 2.05) is 32.9 Å². The zero-order chi connectivity index (χ0) is 21.6. The molecule has 0 spiro atoms. The average molecular weight is 437 g/mol. The highest BCUT2D eigenvalue weighted by atomic mass is 35.5. The zero-order valence-electron chi connectivity index (χ0n) is 17.0. The van der Waals surface area contributed by atoms with Gasteiger partial charge in [0, 0.05) is 28.2 Å². The Morgan fingerprint density at radius 3 is 2.17 bits per heavy atom. The molecule has 7 heteroatoms. The first-order valence-corrected chi connectivity index (χ1v) is 10.2. The summed E-state index contributed by atoms with van der Waals surface area (Å²) in [7, 11) is 0. The van der Waals surface area contributed by atoms with Gasteiger partial charge in [-0.1, -0.05) is 47.0 Å².